The van der Waals surface area contributed by atoms with Crippen LogP contribution in [-0.2, 0) is 15.8 Å². The van der Waals surface area contributed by atoms with Crippen LogP contribution in [0.3, 0.4) is 0 Å². The topological polar surface area (TPSA) is 128 Å². The summed E-state index contributed by atoms with van der Waals surface area (Å²) in [5.74, 6) is 0.790. The molecule has 1 spiro atoms. The first-order valence-electron chi connectivity index (χ1n) is 14.7. The molecule has 0 saturated carbocycles. The Labute approximate surface area is 241 Å². The number of carbonyl (C=O) groups excluding carboxylic acids is 2. The number of unbranched alkanes of at least 4 members (excludes halogenated alkanes) is 8. The van der Waals surface area contributed by atoms with Gasteiger partial charge in [-0.1, -0.05) is 44.9 Å². The van der Waals surface area contributed by atoms with E-state index in [-0.39, 0.29) is 5.91 Å². The standard InChI is InChI=1S/C30H47N5O4S/c1-23-21-25(34(3)29(31)38)22-24(2)26(23)14-20-40(39)35-17-15-30(16-18-35)28(37)32-27(33-30)13-11-9-7-5-4-6-8-10-12-19-36/h14,20-22,36H,4-13,15-19H2,1-3H3,(H2,31,38)(H,32,33,37)/b20-14+. The lowest BCUT2D eigenvalue weighted by atomic mass is 9.89. The number of aliphatic imine (C=N–C) groups is 1. The number of urea groups is 1. The van der Waals surface area contributed by atoms with Crippen LogP contribution in [0.5, 0.6) is 0 Å². The fraction of sp³-hybridized carbons (Fsp3) is 0.633. The van der Waals surface area contributed by atoms with Crippen molar-refractivity contribution in [3.05, 3.63) is 34.2 Å². The van der Waals surface area contributed by atoms with E-state index in [2.05, 4.69) is 5.32 Å². The maximum absolute atomic E-state index is 13.1. The molecule has 3 amide bonds. The van der Waals surface area contributed by atoms with Gasteiger partial charge in [-0.05, 0) is 74.4 Å². The minimum absolute atomic E-state index is 0.0152. The van der Waals surface area contributed by atoms with Crippen molar-refractivity contribution in [2.45, 2.75) is 96.4 Å². The molecule has 40 heavy (non-hydrogen) atoms. The minimum atomic E-state index is -1.32. The number of amides is 3. The van der Waals surface area contributed by atoms with Gasteiger partial charge in [-0.15, -0.1) is 0 Å². The highest BCUT2D eigenvalue weighted by molar-refractivity contribution is 7.85. The molecule has 0 bridgehead atoms. The van der Waals surface area contributed by atoms with Crippen molar-refractivity contribution in [3.63, 3.8) is 0 Å². The molecule has 10 heteroatoms. The van der Waals surface area contributed by atoms with Crippen LogP contribution in [0.4, 0.5) is 10.5 Å². The van der Waals surface area contributed by atoms with Gasteiger partial charge in [0, 0.05) is 44.3 Å². The summed E-state index contributed by atoms with van der Waals surface area (Å²) in [7, 11) is 0.317. The Morgan fingerprint density at radius 1 is 1.07 bits per heavy atom. The summed E-state index contributed by atoms with van der Waals surface area (Å²) >= 11 is 0. The first kappa shape index (κ1) is 32.0. The van der Waals surface area contributed by atoms with Gasteiger partial charge in [0.25, 0.3) is 5.91 Å². The second-order valence-electron chi connectivity index (χ2n) is 11.1. The Morgan fingerprint density at radius 3 is 2.17 bits per heavy atom. The third-order valence-electron chi connectivity index (χ3n) is 8.05. The van der Waals surface area contributed by atoms with Gasteiger partial charge < -0.3 is 16.2 Å². The molecule has 1 aromatic carbocycles. The maximum atomic E-state index is 13.1. The zero-order valence-corrected chi connectivity index (χ0v) is 25.2. The molecule has 4 N–H and O–H groups in total. The first-order valence-corrected chi connectivity index (χ1v) is 15.8. The molecule has 0 radical (unpaired) electrons. The number of piperidine rings is 1. The van der Waals surface area contributed by atoms with Gasteiger partial charge in [0.2, 0.25) is 0 Å². The monoisotopic (exact) mass is 573 g/mol. The smallest absolute Gasteiger partial charge is 0.318 e. The number of carbonyl (C=O) groups is 2. The van der Waals surface area contributed by atoms with E-state index in [0.717, 1.165) is 60.3 Å². The van der Waals surface area contributed by atoms with E-state index in [0.29, 0.717) is 32.5 Å². The van der Waals surface area contributed by atoms with Crippen molar-refractivity contribution in [1.82, 2.24) is 9.62 Å². The normalized spacial score (nSPS) is 17.8. The number of aliphatic hydroxyl groups excluding tert-OH is 1. The van der Waals surface area contributed by atoms with Gasteiger partial charge in [-0.2, -0.15) is 0 Å². The van der Waals surface area contributed by atoms with E-state index < -0.39 is 22.6 Å². The Morgan fingerprint density at radius 2 is 1.62 bits per heavy atom. The van der Waals surface area contributed by atoms with Crippen LogP contribution in [0.2, 0.25) is 0 Å². The summed E-state index contributed by atoms with van der Waals surface area (Å²) in [5, 5.41) is 13.5. The summed E-state index contributed by atoms with van der Waals surface area (Å²) in [6.45, 7) is 5.29. The van der Waals surface area contributed by atoms with E-state index in [1.165, 1.54) is 37.0 Å². The van der Waals surface area contributed by atoms with Crippen LogP contribution in [0.15, 0.2) is 22.5 Å². The van der Waals surface area contributed by atoms with Crippen molar-refractivity contribution in [2.75, 3.05) is 31.6 Å². The summed E-state index contributed by atoms with van der Waals surface area (Å²) in [4.78, 5) is 30.6. The maximum Gasteiger partial charge on any atom is 0.318 e. The summed E-state index contributed by atoms with van der Waals surface area (Å²) in [6.07, 6.45) is 14.1. The van der Waals surface area contributed by atoms with E-state index >= 15 is 0 Å². The summed E-state index contributed by atoms with van der Waals surface area (Å²) in [5.41, 5.74) is 8.29. The van der Waals surface area contributed by atoms with Crippen LogP contribution in [0.25, 0.3) is 6.08 Å². The minimum Gasteiger partial charge on any atom is -0.396 e. The Kier molecular flexibility index (Phi) is 12.3. The van der Waals surface area contributed by atoms with Crippen LogP contribution >= 0.6 is 0 Å². The average Bonchev–Trinajstić information content (AvgIpc) is 3.22. The highest BCUT2D eigenvalue weighted by Gasteiger charge is 2.46. The summed E-state index contributed by atoms with van der Waals surface area (Å²) in [6, 6.07) is 3.26. The SMILES string of the molecule is Cc1cc(N(C)C(N)=O)cc(C)c1/C=C/S(=O)N1CCC2(CC1)N=C(CCCCCCCCCCCO)NC2=O. The number of benzene rings is 1. The molecule has 1 unspecified atom stereocenters. The molecule has 1 fully saturated rings. The fourth-order valence-corrected chi connectivity index (χ4v) is 6.43. The largest absolute Gasteiger partial charge is 0.396 e. The molecule has 0 aliphatic carbocycles. The lowest BCUT2D eigenvalue weighted by Gasteiger charge is -2.33. The van der Waals surface area contributed by atoms with Gasteiger partial charge in [-0.3, -0.25) is 14.7 Å². The predicted octanol–water partition coefficient (Wildman–Crippen LogP) is 4.71. The third kappa shape index (κ3) is 8.72. The van der Waals surface area contributed by atoms with Crippen molar-refractivity contribution in [2.24, 2.45) is 10.7 Å². The summed E-state index contributed by atoms with van der Waals surface area (Å²) < 4.78 is 15.0. The number of nitrogens with zero attached hydrogens (tertiary/aromatic N) is 3. The number of rotatable bonds is 15. The molecule has 1 saturated heterocycles. The van der Waals surface area contributed by atoms with E-state index in [4.69, 9.17) is 15.8 Å². The molecule has 3 rings (SSSR count). The number of aryl methyl sites for hydroxylation is 2. The molecular formula is C30H47N5O4S. The number of amidine groups is 1. The second kappa shape index (κ2) is 15.4. The van der Waals surface area contributed by atoms with Gasteiger partial charge in [0.05, 0.1) is 0 Å². The highest BCUT2D eigenvalue weighted by atomic mass is 32.2. The predicted molar refractivity (Wildman–Crippen MR) is 163 cm³/mol. The Bertz CT molecular complexity index is 1090. The zero-order valence-electron chi connectivity index (χ0n) is 24.4. The number of hydrogen-bond acceptors (Lipinski definition) is 5. The Balaban J connectivity index is 1.44. The molecule has 2 aliphatic rings. The van der Waals surface area contributed by atoms with E-state index in [1.807, 2.05) is 36.4 Å². The first-order chi connectivity index (χ1) is 19.2. The molecule has 9 nitrogen and oxygen atoms in total. The fourth-order valence-electron chi connectivity index (χ4n) is 5.47. The van der Waals surface area contributed by atoms with Crippen LogP contribution in [-0.4, -0.2) is 63.7 Å². The molecule has 1 aromatic rings. The van der Waals surface area contributed by atoms with Crippen molar-refractivity contribution in [3.8, 4) is 0 Å². The quantitative estimate of drug-likeness (QED) is 0.263. The van der Waals surface area contributed by atoms with Gasteiger partial charge in [0.1, 0.15) is 22.4 Å². The number of hydrogen-bond donors (Lipinski definition) is 3. The number of primary amides is 1. The zero-order chi connectivity index (χ0) is 29.1. The van der Waals surface area contributed by atoms with Crippen LogP contribution in [0.1, 0.15) is 93.7 Å². The second-order valence-corrected chi connectivity index (χ2v) is 12.4. The number of nitrogens with two attached hydrogens (primary N) is 1. The molecular weight excluding hydrogens is 526 g/mol. The average molecular weight is 574 g/mol. The third-order valence-corrected chi connectivity index (χ3v) is 9.30. The number of aliphatic hydroxyl groups is 1. The van der Waals surface area contributed by atoms with Gasteiger partial charge >= 0.3 is 6.03 Å². The van der Waals surface area contributed by atoms with Crippen molar-refractivity contribution < 1.29 is 18.9 Å². The van der Waals surface area contributed by atoms with Crippen molar-refractivity contribution >= 4 is 40.5 Å². The van der Waals surface area contributed by atoms with Crippen molar-refractivity contribution in [1.29, 1.82) is 0 Å². The molecule has 2 heterocycles. The van der Waals surface area contributed by atoms with Gasteiger partial charge in [0.15, 0.2) is 0 Å². The molecule has 2 aliphatic heterocycles. The number of nitrogens with one attached hydrogen (secondary N) is 1. The Hall–Kier alpha value is -2.56. The van der Waals surface area contributed by atoms with E-state index in [9.17, 15) is 13.8 Å². The lowest BCUT2D eigenvalue weighted by Crippen LogP contribution is -2.49. The van der Waals surface area contributed by atoms with E-state index in [1.54, 1.807) is 12.5 Å². The highest BCUT2D eigenvalue weighted by Crippen LogP contribution is 2.32. The molecule has 222 valence electrons. The lowest BCUT2D eigenvalue weighted by molar-refractivity contribution is -0.124. The van der Waals surface area contributed by atoms with Gasteiger partial charge in [-0.25, -0.2) is 13.3 Å². The number of anilines is 1. The molecule has 0 aromatic heterocycles. The molecule has 1 atom stereocenters. The van der Waals surface area contributed by atoms with Crippen LogP contribution < -0.4 is 16.0 Å². The van der Waals surface area contributed by atoms with Crippen LogP contribution in [0, 0.1) is 13.8 Å².